The van der Waals surface area contributed by atoms with Gasteiger partial charge in [0.2, 0.25) is 11.8 Å². The van der Waals surface area contributed by atoms with E-state index in [0.29, 0.717) is 31.3 Å². The summed E-state index contributed by atoms with van der Waals surface area (Å²) in [5.74, 6) is 1.08. The summed E-state index contributed by atoms with van der Waals surface area (Å²) in [7, 11) is 2.19. The minimum atomic E-state index is 0.218. The molecule has 3 rings (SSSR count). The van der Waals surface area contributed by atoms with Gasteiger partial charge in [-0.25, -0.2) is 0 Å². The molecule has 0 aromatic heterocycles. The van der Waals surface area contributed by atoms with Crippen LogP contribution >= 0.6 is 0 Å². The van der Waals surface area contributed by atoms with Gasteiger partial charge in [-0.1, -0.05) is 6.42 Å². The van der Waals surface area contributed by atoms with Gasteiger partial charge >= 0.3 is 0 Å². The molecule has 2 amide bonds. The molecule has 3 aliphatic rings. The maximum Gasteiger partial charge on any atom is 0.224 e. The third-order valence-electron chi connectivity index (χ3n) is 5.35. The second kappa shape index (κ2) is 6.34. The van der Waals surface area contributed by atoms with Crippen LogP contribution in [-0.4, -0.2) is 72.3 Å². The highest BCUT2D eigenvalue weighted by Crippen LogP contribution is 2.26. The molecule has 0 unspecified atom stereocenters. The number of fused-ring (bicyclic) bond motifs is 3. The Morgan fingerprint density at radius 2 is 2.05 bits per heavy atom. The summed E-state index contributed by atoms with van der Waals surface area (Å²) in [6.07, 6.45) is 5.86. The number of rotatable bonds is 3. The maximum absolute atomic E-state index is 12.5. The number of hydrogen-bond acceptors (Lipinski definition) is 3. The third-order valence-corrected chi connectivity index (χ3v) is 5.35. The van der Waals surface area contributed by atoms with Gasteiger partial charge in [-0.05, 0) is 32.2 Å². The Bertz CT molecular complexity index is 412. The largest absolute Gasteiger partial charge is 0.342 e. The zero-order valence-electron chi connectivity index (χ0n) is 13.1. The zero-order chi connectivity index (χ0) is 14.8. The second-order valence-electron chi connectivity index (χ2n) is 6.92. The summed E-state index contributed by atoms with van der Waals surface area (Å²) < 4.78 is 0. The van der Waals surface area contributed by atoms with Gasteiger partial charge < -0.3 is 14.7 Å². The molecule has 2 atom stereocenters. The van der Waals surface area contributed by atoms with Crippen LogP contribution < -0.4 is 0 Å². The van der Waals surface area contributed by atoms with Gasteiger partial charge in [0, 0.05) is 51.6 Å². The number of likely N-dealkylation sites (tertiary alicyclic amines) is 2. The van der Waals surface area contributed by atoms with E-state index < -0.39 is 0 Å². The van der Waals surface area contributed by atoms with Crippen molar-refractivity contribution in [3.63, 3.8) is 0 Å². The van der Waals surface area contributed by atoms with Gasteiger partial charge in [0.25, 0.3) is 0 Å². The summed E-state index contributed by atoms with van der Waals surface area (Å²) in [5, 5.41) is 0. The molecule has 0 aromatic carbocycles. The zero-order valence-corrected chi connectivity index (χ0v) is 13.1. The van der Waals surface area contributed by atoms with Crippen LogP contribution in [-0.2, 0) is 9.59 Å². The normalized spacial score (nSPS) is 30.6. The van der Waals surface area contributed by atoms with E-state index in [1.54, 1.807) is 0 Å². The monoisotopic (exact) mass is 293 g/mol. The number of carbonyl (C=O) groups excluding carboxylic acids is 2. The van der Waals surface area contributed by atoms with Gasteiger partial charge in [0.05, 0.1) is 0 Å². The molecule has 0 radical (unpaired) electrons. The van der Waals surface area contributed by atoms with Crippen molar-refractivity contribution in [3.05, 3.63) is 0 Å². The average molecular weight is 293 g/mol. The molecule has 2 bridgehead atoms. The average Bonchev–Trinajstić information content (AvgIpc) is 2.66. The summed E-state index contributed by atoms with van der Waals surface area (Å²) in [5.41, 5.74) is 0. The molecule has 0 saturated carbocycles. The molecule has 5 nitrogen and oxygen atoms in total. The molecule has 3 heterocycles. The minimum absolute atomic E-state index is 0.218. The number of carbonyl (C=O) groups is 2. The van der Waals surface area contributed by atoms with Crippen LogP contribution in [0.15, 0.2) is 0 Å². The highest BCUT2D eigenvalue weighted by molar-refractivity contribution is 5.80. The van der Waals surface area contributed by atoms with Gasteiger partial charge in [0.15, 0.2) is 0 Å². The standard InChI is InChI=1S/C16H27N3O2/c1-17-10-13-4-2-5-14(17)12-19(11-13)16(21)7-9-18-8-3-6-15(18)20/h13-14H,2-12H2,1H3/t13-,14-/m0/s1. The molecular formula is C16H27N3O2. The summed E-state index contributed by atoms with van der Waals surface area (Å²) in [4.78, 5) is 30.5. The van der Waals surface area contributed by atoms with E-state index in [2.05, 4.69) is 16.8 Å². The van der Waals surface area contributed by atoms with E-state index >= 15 is 0 Å². The summed E-state index contributed by atoms with van der Waals surface area (Å²) >= 11 is 0. The van der Waals surface area contributed by atoms with Gasteiger partial charge in [0.1, 0.15) is 0 Å². The lowest BCUT2D eigenvalue weighted by molar-refractivity contribution is -0.133. The van der Waals surface area contributed by atoms with E-state index in [9.17, 15) is 9.59 Å². The third kappa shape index (κ3) is 3.39. The lowest BCUT2D eigenvalue weighted by Gasteiger charge is -2.30. The van der Waals surface area contributed by atoms with Crippen LogP contribution in [0.4, 0.5) is 0 Å². The molecular weight excluding hydrogens is 266 g/mol. The Morgan fingerprint density at radius 3 is 2.81 bits per heavy atom. The number of likely N-dealkylation sites (N-methyl/N-ethyl adjacent to an activating group) is 1. The smallest absolute Gasteiger partial charge is 0.224 e. The predicted molar refractivity (Wildman–Crippen MR) is 80.8 cm³/mol. The quantitative estimate of drug-likeness (QED) is 0.778. The molecule has 3 fully saturated rings. The fraction of sp³-hybridized carbons (Fsp3) is 0.875. The van der Waals surface area contributed by atoms with Crippen molar-refractivity contribution in [2.45, 2.75) is 44.6 Å². The van der Waals surface area contributed by atoms with Crippen molar-refractivity contribution >= 4 is 11.8 Å². The molecule has 0 N–H and O–H groups in total. The Labute approximate surface area is 127 Å². The van der Waals surface area contributed by atoms with Crippen LogP contribution in [0, 0.1) is 5.92 Å². The number of amides is 2. The van der Waals surface area contributed by atoms with Gasteiger partial charge in [-0.15, -0.1) is 0 Å². The molecule has 3 saturated heterocycles. The van der Waals surface area contributed by atoms with E-state index in [-0.39, 0.29) is 11.8 Å². The molecule has 0 spiro atoms. The topological polar surface area (TPSA) is 43.9 Å². The second-order valence-corrected chi connectivity index (χ2v) is 6.92. The summed E-state index contributed by atoms with van der Waals surface area (Å²) in [6, 6.07) is 0.523. The van der Waals surface area contributed by atoms with E-state index in [4.69, 9.17) is 0 Å². The first-order valence-electron chi connectivity index (χ1n) is 8.39. The Hall–Kier alpha value is -1.10. The maximum atomic E-state index is 12.5. The van der Waals surface area contributed by atoms with E-state index in [1.807, 2.05) is 4.90 Å². The lowest BCUT2D eigenvalue weighted by Crippen LogP contribution is -2.43. The molecule has 118 valence electrons. The van der Waals surface area contributed by atoms with Crippen molar-refractivity contribution in [2.75, 3.05) is 39.8 Å². The van der Waals surface area contributed by atoms with Gasteiger partial charge in [-0.3, -0.25) is 9.59 Å². The molecule has 0 aliphatic carbocycles. The van der Waals surface area contributed by atoms with Crippen molar-refractivity contribution in [1.82, 2.24) is 14.7 Å². The van der Waals surface area contributed by atoms with Crippen LogP contribution in [0.5, 0.6) is 0 Å². The first-order chi connectivity index (χ1) is 10.1. The first kappa shape index (κ1) is 14.8. The highest BCUT2D eigenvalue weighted by Gasteiger charge is 2.32. The number of nitrogens with zero attached hydrogens (tertiary/aromatic N) is 3. The number of hydrogen-bond donors (Lipinski definition) is 0. The van der Waals surface area contributed by atoms with E-state index in [0.717, 1.165) is 32.6 Å². The SMILES string of the molecule is CN1C[C@@H]2CCC[C@H]1CN(C(=O)CCN1CCCC1=O)C2. The first-order valence-corrected chi connectivity index (χ1v) is 8.39. The van der Waals surface area contributed by atoms with Crippen molar-refractivity contribution < 1.29 is 9.59 Å². The highest BCUT2D eigenvalue weighted by atomic mass is 16.2. The Kier molecular flexibility index (Phi) is 4.48. The molecule has 5 heteroatoms. The van der Waals surface area contributed by atoms with Crippen molar-refractivity contribution in [2.24, 2.45) is 5.92 Å². The van der Waals surface area contributed by atoms with Crippen molar-refractivity contribution in [1.29, 1.82) is 0 Å². The Morgan fingerprint density at radius 1 is 1.19 bits per heavy atom. The van der Waals surface area contributed by atoms with Crippen LogP contribution in [0.25, 0.3) is 0 Å². The van der Waals surface area contributed by atoms with E-state index in [1.165, 1.54) is 19.3 Å². The lowest BCUT2D eigenvalue weighted by atomic mass is 9.99. The van der Waals surface area contributed by atoms with Crippen LogP contribution in [0.2, 0.25) is 0 Å². The molecule has 3 aliphatic heterocycles. The van der Waals surface area contributed by atoms with Gasteiger partial charge in [-0.2, -0.15) is 0 Å². The van der Waals surface area contributed by atoms with Crippen molar-refractivity contribution in [3.8, 4) is 0 Å². The molecule has 0 aromatic rings. The molecule has 21 heavy (non-hydrogen) atoms. The Balaban J connectivity index is 1.55. The fourth-order valence-corrected chi connectivity index (χ4v) is 4.06. The summed E-state index contributed by atoms with van der Waals surface area (Å²) in [6.45, 7) is 4.35. The predicted octanol–water partition coefficient (Wildman–Crippen LogP) is 0.942. The van der Waals surface area contributed by atoms with Crippen LogP contribution in [0.1, 0.15) is 38.5 Å². The van der Waals surface area contributed by atoms with Crippen LogP contribution in [0.3, 0.4) is 0 Å². The fourth-order valence-electron chi connectivity index (χ4n) is 4.06. The minimum Gasteiger partial charge on any atom is -0.342 e.